The Balaban J connectivity index is 0.997. The first-order chi connectivity index (χ1) is 26.5. The van der Waals surface area contributed by atoms with Gasteiger partial charge in [0.2, 0.25) is 5.91 Å². The molecule has 5 fully saturated rings. The third kappa shape index (κ3) is 4.72. The molecule has 6 aliphatic carbocycles. The zero-order valence-electron chi connectivity index (χ0n) is 32.3. The Kier molecular flexibility index (Phi) is 7.87. The number of ketones is 1. The summed E-state index contributed by atoms with van der Waals surface area (Å²) in [6.45, 7) is 7.37. The summed E-state index contributed by atoms with van der Waals surface area (Å²) in [6, 6.07) is 28.5. The third-order valence-electron chi connectivity index (χ3n) is 16.8. The zero-order chi connectivity index (χ0) is 37.8. The predicted octanol–water partition coefficient (Wildman–Crippen LogP) is 7.56. The summed E-state index contributed by atoms with van der Waals surface area (Å²) in [5.41, 5.74) is 1.78. The number of Topliss-reactive ketones (excluding diaryl/α,β-unsaturated/α-hetero) is 1. The minimum atomic E-state index is -0.932. The number of rotatable bonds is 6. The van der Waals surface area contributed by atoms with Crippen molar-refractivity contribution in [2.45, 2.75) is 88.9 Å². The number of anilines is 1. The van der Waals surface area contributed by atoms with Gasteiger partial charge in [-0.25, -0.2) is 0 Å². The maximum atomic E-state index is 15.5. The molecule has 7 nitrogen and oxygen atoms in total. The number of hydrogen-bond donors (Lipinski definition) is 3. The van der Waals surface area contributed by atoms with Crippen LogP contribution in [0, 0.1) is 33.5 Å². The Morgan fingerprint density at radius 2 is 1.45 bits per heavy atom. The van der Waals surface area contributed by atoms with Gasteiger partial charge in [0.1, 0.15) is 5.54 Å². The third-order valence-corrected chi connectivity index (χ3v) is 16.8. The van der Waals surface area contributed by atoms with Crippen molar-refractivity contribution in [1.29, 1.82) is 0 Å². The molecule has 7 heteroatoms. The van der Waals surface area contributed by atoms with Gasteiger partial charge in [-0.1, -0.05) is 105 Å². The highest BCUT2D eigenvalue weighted by Crippen LogP contribution is 2.78. The molecule has 0 aromatic heterocycles. The molecule has 8 atom stereocenters. The molecule has 2 heterocycles. The van der Waals surface area contributed by atoms with Crippen molar-refractivity contribution in [3.8, 4) is 11.1 Å². The number of nitrogens with zero attached hydrogens (tertiary/aromatic N) is 2. The maximum Gasteiger partial charge on any atom is 0.247 e. The van der Waals surface area contributed by atoms with Gasteiger partial charge in [-0.3, -0.25) is 9.59 Å². The molecule has 3 spiro atoms. The molecule has 8 unspecified atom stereocenters. The number of carbonyl (C=O) groups excluding carboxylic acids is 2. The standard InChI is InChI=1S/C48H55N3O4/c1-43-20-17-35(52)29-45(43)23-24-48(38(30-45)41(53)37-16-10-9-15-36(37)33-11-5-3-6-12-33)39(43)18-21-44(2)40(48)19-22-47(44,55)31-50-27-25-46(26-28-50)42(54)49-32-51(46)34-13-7-4-8-14-34/h3-16,23-24,30,35,39-40,52,55H,17-22,25-29,31-32H2,1-2H3,(H,49,54). The lowest BCUT2D eigenvalue weighted by molar-refractivity contribution is -0.177. The number of aliphatic hydroxyl groups is 2. The van der Waals surface area contributed by atoms with Crippen molar-refractivity contribution in [2.75, 3.05) is 31.2 Å². The average molecular weight is 738 g/mol. The Bertz CT molecular complexity index is 2090. The first kappa shape index (κ1) is 35.4. The van der Waals surface area contributed by atoms with Crippen LogP contribution in [0.25, 0.3) is 11.1 Å². The monoisotopic (exact) mass is 737 g/mol. The van der Waals surface area contributed by atoms with Crippen LogP contribution in [0.5, 0.6) is 0 Å². The molecule has 11 rings (SSSR count). The molecule has 2 bridgehead atoms. The first-order valence-corrected chi connectivity index (χ1v) is 20.9. The molecule has 8 aliphatic rings. The van der Waals surface area contributed by atoms with Crippen molar-refractivity contribution < 1.29 is 19.8 Å². The number of hydrogen-bond acceptors (Lipinski definition) is 6. The Labute approximate surface area is 325 Å². The van der Waals surface area contributed by atoms with Gasteiger partial charge in [-0.15, -0.1) is 0 Å². The van der Waals surface area contributed by atoms with Gasteiger partial charge >= 0.3 is 0 Å². The van der Waals surface area contributed by atoms with Crippen LogP contribution in [0.1, 0.15) is 82.0 Å². The molecule has 0 radical (unpaired) electrons. The highest BCUT2D eigenvalue weighted by atomic mass is 16.3. The fraction of sp³-hybridized carbons (Fsp3) is 0.500. The summed E-state index contributed by atoms with van der Waals surface area (Å²) in [5, 5.41) is 27.4. The minimum Gasteiger partial charge on any atom is -0.393 e. The minimum absolute atomic E-state index is 0.0839. The number of β-amino-alcohol motifs (C(OH)–C–C–N with tert-alkyl or cyclic N) is 1. The molecule has 1 amide bonds. The van der Waals surface area contributed by atoms with Gasteiger partial charge in [0, 0.05) is 52.7 Å². The van der Waals surface area contributed by atoms with Crippen LogP contribution in [-0.2, 0) is 4.79 Å². The van der Waals surface area contributed by atoms with E-state index < -0.39 is 28.1 Å². The summed E-state index contributed by atoms with van der Waals surface area (Å²) in [7, 11) is 0. The molecule has 2 aliphatic heterocycles. The lowest BCUT2D eigenvalue weighted by atomic mass is 9.32. The van der Waals surface area contributed by atoms with E-state index in [1.165, 1.54) is 0 Å². The molecule has 286 valence electrons. The van der Waals surface area contributed by atoms with Crippen LogP contribution < -0.4 is 10.2 Å². The summed E-state index contributed by atoms with van der Waals surface area (Å²) in [6.07, 6.45) is 13.9. The first-order valence-electron chi connectivity index (χ1n) is 20.9. The van der Waals surface area contributed by atoms with E-state index in [0.717, 1.165) is 73.1 Å². The topological polar surface area (TPSA) is 93.1 Å². The second kappa shape index (κ2) is 12.2. The van der Waals surface area contributed by atoms with Crippen LogP contribution in [-0.4, -0.2) is 70.4 Å². The normalized spacial score (nSPS) is 38.6. The van der Waals surface area contributed by atoms with E-state index in [2.05, 4.69) is 77.5 Å². The number of piperidine rings is 1. The molecule has 55 heavy (non-hydrogen) atoms. The smallest absolute Gasteiger partial charge is 0.247 e. The van der Waals surface area contributed by atoms with E-state index in [4.69, 9.17) is 0 Å². The molecule has 3 aromatic rings. The number of likely N-dealkylation sites (tertiary alicyclic amines) is 1. The molecule has 3 N–H and O–H groups in total. The number of para-hydroxylation sites is 1. The SMILES string of the molecule is CC12CCC(O)CC13C=CC1(C(C(=O)c4ccccc4-c4ccccc4)=C3)C2CCC2(C)C1CCC2(O)CN1CCC2(CC1)C(=O)NCN2c1ccccc1. The Morgan fingerprint density at radius 3 is 2.22 bits per heavy atom. The van der Waals surface area contributed by atoms with E-state index in [1.54, 1.807) is 0 Å². The van der Waals surface area contributed by atoms with Crippen LogP contribution in [0.3, 0.4) is 0 Å². The van der Waals surface area contributed by atoms with Gasteiger partial charge < -0.3 is 25.3 Å². The summed E-state index contributed by atoms with van der Waals surface area (Å²) >= 11 is 0. The summed E-state index contributed by atoms with van der Waals surface area (Å²) in [5.74, 6) is 0.532. The van der Waals surface area contributed by atoms with E-state index in [9.17, 15) is 15.0 Å². The number of amides is 1. The zero-order valence-corrected chi connectivity index (χ0v) is 32.3. The largest absolute Gasteiger partial charge is 0.393 e. The number of aliphatic hydroxyl groups excluding tert-OH is 1. The number of carbonyl (C=O) groups is 2. The fourth-order valence-electron chi connectivity index (χ4n) is 13.8. The Hall–Kier alpha value is -4.04. The molecule has 2 saturated heterocycles. The van der Waals surface area contributed by atoms with Gasteiger partial charge in [-0.05, 0) is 98.3 Å². The van der Waals surface area contributed by atoms with Crippen molar-refractivity contribution in [3.05, 3.63) is 114 Å². The van der Waals surface area contributed by atoms with Gasteiger partial charge in [0.05, 0.1) is 18.4 Å². The van der Waals surface area contributed by atoms with Gasteiger partial charge in [0.25, 0.3) is 0 Å². The molecule has 3 saturated carbocycles. The van der Waals surface area contributed by atoms with E-state index in [-0.39, 0.29) is 34.4 Å². The van der Waals surface area contributed by atoms with Crippen LogP contribution in [0.4, 0.5) is 5.69 Å². The second-order valence-corrected chi connectivity index (χ2v) is 18.8. The fourth-order valence-corrected chi connectivity index (χ4v) is 13.8. The lowest BCUT2D eigenvalue weighted by Crippen LogP contribution is -2.67. The summed E-state index contributed by atoms with van der Waals surface area (Å²) in [4.78, 5) is 33.6. The van der Waals surface area contributed by atoms with Crippen molar-refractivity contribution in [3.63, 3.8) is 0 Å². The van der Waals surface area contributed by atoms with Crippen LogP contribution in [0.15, 0.2) is 109 Å². The second-order valence-electron chi connectivity index (χ2n) is 18.8. The van der Waals surface area contributed by atoms with E-state index in [1.807, 2.05) is 54.6 Å². The number of nitrogens with one attached hydrogen (secondary N) is 1. The number of fused-ring (bicyclic) bond motifs is 1. The van der Waals surface area contributed by atoms with Gasteiger partial charge in [-0.2, -0.15) is 0 Å². The highest BCUT2D eigenvalue weighted by Gasteiger charge is 2.74. The predicted molar refractivity (Wildman–Crippen MR) is 215 cm³/mol. The lowest BCUT2D eigenvalue weighted by Gasteiger charge is -2.71. The van der Waals surface area contributed by atoms with Crippen LogP contribution >= 0.6 is 0 Å². The highest BCUT2D eigenvalue weighted by molar-refractivity contribution is 6.14. The van der Waals surface area contributed by atoms with E-state index in [0.29, 0.717) is 38.9 Å². The summed E-state index contributed by atoms with van der Waals surface area (Å²) < 4.78 is 0. The molecular formula is C48H55N3O4. The van der Waals surface area contributed by atoms with Gasteiger partial charge in [0.15, 0.2) is 5.78 Å². The average Bonchev–Trinajstić information content (AvgIpc) is 3.67. The van der Waals surface area contributed by atoms with Crippen molar-refractivity contribution in [2.24, 2.45) is 33.5 Å². The molecule has 3 aromatic carbocycles. The maximum absolute atomic E-state index is 15.5. The molecular weight excluding hydrogens is 683 g/mol. The van der Waals surface area contributed by atoms with Crippen molar-refractivity contribution >= 4 is 17.4 Å². The van der Waals surface area contributed by atoms with E-state index >= 15 is 4.79 Å². The number of allylic oxidation sites excluding steroid dienone is 4. The van der Waals surface area contributed by atoms with Crippen molar-refractivity contribution in [1.82, 2.24) is 10.2 Å². The quantitative estimate of drug-likeness (QED) is 0.179. The van der Waals surface area contributed by atoms with Crippen LogP contribution in [0.2, 0.25) is 0 Å². The Morgan fingerprint density at radius 1 is 0.800 bits per heavy atom. The number of benzene rings is 3.